The second-order valence-corrected chi connectivity index (χ2v) is 2.96. The molecule has 2 rings (SSSR count). The maximum atomic E-state index is 11.6. The van der Waals surface area contributed by atoms with Crippen LogP contribution in [0.2, 0.25) is 0 Å². The van der Waals surface area contributed by atoms with Gasteiger partial charge in [-0.3, -0.25) is 9.89 Å². The van der Waals surface area contributed by atoms with Gasteiger partial charge in [0.15, 0.2) is 5.78 Å². The lowest BCUT2D eigenvalue weighted by Gasteiger charge is -1.92. The van der Waals surface area contributed by atoms with Crippen molar-refractivity contribution in [2.45, 2.75) is 0 Å². The SMILES string of the molecule is O=C(C=Cc1c[nH]nn1)c1ccccc1. The minimum Gasteiger partial charge on any atom is -0.289 e. The first-order valence-electron chi connectivity index (χ1n) is 4.50. The molecular weight excluding hydrogens is 190 g/mol. The number of hydrogen-bond donors (Lipinski definition) is 1. The van der Waals surface area contributed by atoms with Crippen molar-refractivity contribution in [3.05, 3.63) is 53.9 Å². The lowest BCUT2D eigenvalue weighted by Crippen LogP contribution is -1.92. The van der Waals surface area contributed by atoms with E-state index in [0.717, 1.165) is 0 Å². The van der Waals surface area contributed by atoms with Gasteiger partial charge >= 0.3 is 0 Å². The summed E-state index contributed by atoms with van der Waals surface area (Å²) in [7, 11) is 0. The summed E-state index contributed by atoms with van der Waals surface area (Å²) in [4.78, 5) is 11.6. The molecule has 0 aliphatic carbocycles. The first kappa shape index (κ1) is 9.33. The second kappa shape index (κ2) is 4.32. The largest absolute Gasteiger partial charge is 0.289 e. The van der Waals surface area contributed by atoms with Gasteiger partial charge in [-0.1, -0.05) is 35.5 Å². The third-order valence-corrected chi connectivity index (χ3v) is 1.90. The number of hydrogen-bond acceptors (Lipinski definition) is 3. The maximum Gasteiger partial charge on any atom is 0.185 e. The fourth-order valence-electron chi connectivity index (χ4n) is 1.15. The van der Waals surface area contributed by atoms with Gasteiger partial charge in [-0.15, -0.1) is 5.10 Å². The van der Waals surface area contributed by atoms with E-state index in [1.165, 1.54) is 6.08 Å². The molecule has 0 spiro atoms. The van der Waals surface area contributed by atoms with Crippen LogP contribution < -0.4 is 0 Å². The van der Waals surface area contributed by atoms with E-state index in [4.69, 9.17) is 0 Å². The van der Waals surface area contributed by atoms with Crippen LogP contribution in [-0.2, 0) is 0 Å². The van der Waals surface area contributed by atoms with Crippen molar-refractivity contribution in [3.63, 3.8) is 0 Å². The van der Waals surface area contributed by atoms with Gasteiger partial charge < -0.3 is 0 Å². The first-order chi connectivity index (χ1) is 7.36. The number of ketones is 1. The molecule has 0 unspecified atom stereocenters. The predicted molar refractivity (Wildman–Crippen MR) is 56.2 cm³/mol. The molecular formula is C11H9N3O. The van der Waals surface area contributed by atoms with Crippen molar-refractivity contribution in [2.75, 3.05) is 0 Å². The molecule has 15 heavy (non-hydrogen) atoms. The second-order valence-electron chi connectivity index (χ2n) is 2.96. The van der Waals surface area contributed by atoms with Gasteiger partial charge in [-0.2, -0.15) is 0 Å². The van der Waals surface area contributed by atoms with E-state index < -0.39 is 0 Å². The Morgan fingerprint density at radius 3 is 2.73 bits per heavy atom. The Balaban J connectivity index is 2.11. The fourth-order valence-corrected chi connectivity index (χ4v) is 1.15. The number of rotatable bonds is 3. The van der Waals surface area contributed by atoms with Crippen molar-refractivity contribution in [1.29, 1.82) is 0 Å². The van der Waals surface area contributed by atoms with E-state index >= 15 is 0 Å². The molecule has 0 fully saturated rings. The van der Waals surface area contributed by atoms with Gasteiger partial charge in [0.05, 0.1) is 0 Å². The van der Waals surface area contributed by atoms with Crippen LogP contribution in [0.15, 0.2) is 42.6 Å². The zero-order valence-corrected chi connectivity index (χ0v) is 7.92. The van der Waals surface area contributed by atoms with Crippen molar-refractivity contribution >= 4 is 11.9 Å². The van der Waals surface area contributed by atoms with Gasteiger partial charge in [0, 0.05) is 11.8 Å². The van der Waals surface area contributed by atoms with Crippen molar-refractivity contribution < 1.29 is 4.79 Å². The Morgan fingerprint density at radius 1 is 1.27 bits per heavy atom. The average molecular weight is 199 g/mol. The minimum atomic E-state index is -0.0430. The van der Waals surface area contributed by atoms with Crippen molar-refractivity contribution in [3.8, 4) is 0 Å². The Morgan fingerprint density at radius 2 is 2.07 bits per heavy atom. The Kier molecular flexibility index (Phi) is 2.69. The highest BCUT2D eigenvalue weighted by Crippen LogP contribution is 2.02. The molecule has 0 saturated heterocycles. The van der Waals surface area contributed by atoms with Crippen LogP contribution in [0, 0.1) is 0 Å². The summed E-state index contributed by atoms with van der Waals surface area (Å²) in [6.07, 6.45) is 4.72. The van der Waals surface area contributed by atoms with Gasteiger partial charge in [0.25, 0.3) is 0 Å². The number of nitrogens with zero attached hydrogens (tertiary/aromatic N) is 2. The number of aromatic amines is 1. The molecule has 0 bridgehead atoms. The number of benzene rings is 1. The van der Waals surface area contributed by atoms with E-state index in [2.05, 4.69) is 15.4 Å². The zero-order valence-electron chi connectivity index (χ0n) is 7.92. The number of aromatic nitrogens is 3. The van der Waals surface area contributed by atoms with Gasteiger partial charge in [-0.25, -0.2) is 0 Å². The highest BCUT2D eigenvalue weighted by molar-refractivity contribution is 6.06. The number of carbonyl (C=O) groups excluding carboxylic acids is 1. The maximum absolute atomic E-state index is 11.6. The van der Waals surface area contributed by atoms with Crippen LogP contribution in [0.25, 0.3) is 6.08 Å². The molecule has 4 heteroatoms. The predicted octanol–water partition coefficient (Wildman–Crippen LogP) is 1.70. The summed E-state index contributed by atoms with van der Waals surface area (Å²) in [5.74, 6) is -0.0430. The Labute approximate surface area is 86.6 Å². The van der Waals surface area contributed by atoms with E-state index in [-0.39, 0.29) is 5.78 Å². The summed E-state index contributed by atoms with van der Waals surface area (Å²) in [5, 5.41) is 9.84. The molecule has 1 aromatic carbocycles. The van der Waals surface area contributed by atoms with E-state index in [9.17, 15) is 4.79 Å². The topological polar surface area (TPSA) is 58.6 Å². The van der Waals surface area contributed by atoms with Crippen LogP contribution >= 0.6 is 0 Å². The number of carbonyl (C=O) groups is 1. The van der Waals surface area contributed by atoms with Crippen LogP contribution in [0.1, 0.15) is 16.1 Å². The highest BCUT2D eigenvalue weighted by atomic mass is 16.1. The molecule has 0 atom stereocenters. The molecule has 1 aromatic heterocycles. The number of allylic oxidation sites excluding steroid dienone is 1. The van der Waals surface area contributed by atoms with Crippen molar-refractivity contribution in [1.82, 2.24) is 15.4 Å². The molecule has 0 radical (unpaired) electrons. The summed E-state index contributed by atoms with van der Waals surface area (Å²) in [5.41, 5.74) is 1.30. The van der Waals surface area contributed by atoms with Crippen LogP contribution in [0.4, 0.5) is 0 Å². The molecule has 1 N–H and O–H groups in total. The standard InChI is InChI=1S/C11H9N3O/c15-11(9-4-2-1-3-5-9)7-6-10-8-12-14-13-10/h1-8H,(H,12,13,14). The van der Waals surface area contributed by atoms with E-state index in [0.29, 0.717) is 11.3 Å². The molecule has 4 nitrogen and oxygen atoms in total. The lowest BCUT2D eigenvalue weighted by molar-refractivity contribution is 0.104. The summed E-state index contributed by atoms with van der Waals surface area (Å²) >= 11 is 0. The molecule has 0 aliphatic heterocycles. The normalized spacial score (nSPS) is 10.7. The summed E-state index contributed by atoms with van der Waals surface area (Å²) in [6.45, 7) is 0. The van der Waals surface area contributed by atoms with Crippen molar-refractivity contribution in [2.24, 2.45) is 0 Å². The van der Waals surface area contributed by atoms with Crippen LogP contribution in [0.5, 0.6) is 0 Å². The molecule has 74 valence electrons. The number of H-pyrrole nitrogens is 1. The zero-order chi connectivity index (χ0) is 10.5. The third-order valence-electron chi connectivity index (χ3n) is 1.90. The van der Waals surface area contributed by atoms with Crippen LogP contribution in [-0.4, -0.2) is 21.2 Å². The minimum absolute atomic E-state index is 0.0430. The Hall–Kier alpha value is -2.23. The smallest absolute Gasteiger partial charge is 0.185 e. The molecule has 0 aliphatic rings. The monoisotopic (exact) mass is 199 g/mol. The number of nitrogens with one attached hydrogen (secondary N) is 1. The quantitative estimate of drug-likeness (QED) is 0.604. The molecule has 0 saturated carbocycles. The first-order valence-corrected chi connectivity index (χ1v) is 4.50. The third kappa shape index (κ3) is 2.37. The van der Waals surface area contributed by atoms with Gasteiger partial charge in [0.2, 0.25) is 0 Å². The average Bonchev–Trinajstić information content (AvgIpc) is 2.80. The van der Waals surface area contributed by atoms with Gasteiger partial charge in [-0.05, 0) is 12.2 Å². The molecule has 0 amide bonds. The van der Waals surface area contributed by atoms with Gasteiger partial charge in [0.1, 0.15) is 5.69 Å². The fraction of sp³-hybridized carbons (Fsp3) is 0. The summed E-state index contributed by atoms with van der Waals surface area (Å²) in [6, 6.07) is 9.08. The lowest BCUT2D eigenvalue weighted by atomic mass is 10.1. The molecule has 2 aromatic rings. The Bertz CT molecular complexity index is 460. The van der Waals surface area contributed by atoms with Crippen LogP contribution in [0.3, 0.4) is 0 Å². The molecule has 1 heterocycles. The summed E-state index contributed by atoms with van der Waals surface area (Å²) < 4.78 is 0. The van der Waals surface area contributed by atoms with E-state index in [1.807, 2.05) is 18.2 Å². The van der Waals surface area contributed by atoms with E-state index in [1.54, 1.807) is 24.4 Å². The highest BCUT2D eigenvalue weighted by Gasteiger charge is 1.99.